The molecule has 4 heteroatoms. The summed E-state index contributed by atoms with van der Waals surface area (Å²) < 4.78 is 18.2. The lowest BCUT2D eigenvalue weighted by Gasteiger charge is -2.02. The minimum atomic E-state index is -0.394. The lowest BCUT2D eigenvalue weighted by Crippen LogP contribution is -2.10. The van der Waals surface area contributed by atoms with Crippen LogP contribution in [0.4, 0.5) is 10.1 Å². The quantitative estimate of drug-likeness (QED) is 0.864. The molecule has 88 valence electrons. The molecule has 0 saturated heterocycles. The van der Waals surface area contributed by atoms with Crippen molar-refractivity contribution in [2.75, 3.05) is 5.32 Å². The van der Waals surface area contributed by atoms with E-state index in [2.05, 4.69) is 5.32 Å². The Morgan fingerprint density at radius 3 is 2.65 bits per heavy atom. The third-order valence-corrected chi connectivity index (χ3v) is 2.47. The maximum absolute atomic E-state index is 12.9. The van der Waals surface area contributed by atoms with E-state index >= 15 is 0 Å². The molecule has 2 rings (SSSR count). The number of nitrogens with one attached hydrogen (secondary N) is 1. The van der Waals surface area contributed by atoms with E-state index < -0.39 is 5.82 Å². The number of furan rings is 1. The molecule has 0 radical (unpaired) electrons. The maximum Gasteiger partial charge on any atom is 0.291 e. The molecule has 0 aliphatic rings. The number of amides is 1. The lowest BCUT2D eigenvalue weighted by molar-refractivity contribution is 0.0995. The summed E-state index contributed by atoms with van der Waals surface area (Å²) in [5.74, 6) is 0.153. The SMILES string of the molecule is Cc1cc(C(=O)Nc2cccc(F)c2)oc1C. The molecule has 0 saturated carbocycles. The Morgan fingerprint density at radius 1 is 1.29 bits per heavy atom. The highest BCUT2D eigenvalue weighted by atomic mass is 19.1. The van der Waals surface area contributed by atoms with Crippen LogP contribution in [0.15, 0.2) is 34.7 Å². The third-order valence-electron chi connectivity index (χ3n) is 2.47. The van der Waals surface area contributed by atoms with Crippen molar-refractivity contribution in [3.63, 3.8) is 0 Å². The Bertz CT molecular complexity index is 541. The predicted molar refractivity (Wildman–Crippen MR) is 62.5 cm³/mol. The van der Waals surface area contributed by atoms with E-state index in [1.807, 2.05) is 6.92 Å². The number of hydrogen-bond donors (Lipinski definition) is 1. The zero-order valence-corrected chi connectivity index (χ0v) is 9.58. The first-order valence-electron chi connectivity index (χ1n) is 5.20. The van der Waals surface area contributed by atoms with Crippen LogP contribution in [0.5, 0.6) is 0 Å². The largest absolute Gasteiger partial charge is 0.456 e. The second-order valence-electron chi connectivity index (χ2n) is 3.81. The van der Waals surface area contributed by atoms with Gasteiger partial charge >= 0.3 is 0 Å². The fourth-order valence-corrected chi connectivity index (χ4v) is 1.44. The molecular formula is C13H12FNO2. The third kappa shape index (κ3) is 2.53. The van der Waals surface area contributed by atoms with Gasteiger partial charge in [0.2, 0.25) is 0 Å². The van der Waals surface area contributed by atoms with Crippen LogP contribution in [-0.2, 0) is 0 Å². The summed E-state index contributed by atoms with van der Waals surface area (Å²) in [5, 5.41) is 2.57. The topological polar surface area (TPSA) is 42.2 Å². The number of anilines is 1. The van der Waals surface area contributed by atoms with Crippen molar-refractivity contribution >= 4 is 11.6 Å². The van der Waals surface area contributed by atoms with Crippen molar-refractivity contribution < 1.29 is 13.6 Å². The average molecular weight is 233 g/mol. The van der Waals surface area contributed by atoms with Crippen molar-refractivity contribution in [3.05, 3.63) is 53.2 Å². The number of hydrogen-bond acceptors (Lipinski definition) is 2. The highest BCUT2D eigenvalue weighted by molar-refractivity contribution is 6.02. The first kappa shape index (κ1) is 11.4. The van der Waals surface area contributed by atoms with Gasteiger partial charge in [0.1, 0.15) is 11.6 Å². The Balaban J connectivity index is 2.17. The van der Waals surface area contributed by atoms with E-state index in [1.54, 1.807) is 19.1 Å². The molecule has 0 unspecified atom stereocenters. The van der Waals surface area contributed by atoms with Gasteiger partial charge in [-0.1, -0.05) is 6.07 Å². The standard InChI is InChI=1S/C13H12FNO2/c1-8-6-12(17-9(8)2)13(16)15-11-5-3-4-10(14)7-11/h3-7H,1-2H3,(H,15,16). The lowest BCUT2D eigenvalue weighted by atomic mass is 10.2. The fraction of sp³-hybridized carbons (Fsp3) is 0.154. The number of rotatable bonds is 2. The summed E-state index contributed by atoms with van der Waals surface area (Å²) in [7, 11) is 0. The molecule has 1 N–H and O–H groups in total. The molecule has 0 spiro atoms. The first-order chi connectivity index (χ1) is 8.06. The van der Waals surface area contributed by atoms with Crippen LogP contribution in [0.1, 0.15) is 21.9 Å². The van der Waals surface area contributed by atoms with Crippen LogP contribution in [0.25, 0.3) is 0 Å². The van der Waals surface area contributed by atoms with Crippen molar-refractivity contribution in [2.24, 2.45) is 0 Å². The zero-order chi connectivity index (χ0) is 12.4. The van der Waals surface area contributed by atoms with Crippen LogP contribution < -0.4 is 5.32 Å². The maximum atomic E-state index is 12.9. The van der Waals surface area contributed by atoms with Crippen LogP contribution in [-0.4, -0.2) is 5.91 Å². The molecule has 1 heterocycles. The zero-order valence-electron chi connectivity index (χ0n) is 9.58. The second-order valence-corrected chi connectivity index (χ2v) is 3.81. The van der Waals surface area contributed by atoms with E-state index in [-0.39, 0.29) is 11.7 Å². The molecule has 0 fully saturated rings. The van der Waals surface area contributed by atoms with Crippen LogP contribution in [0, 0.1) is 19.7 Å². The Labute approximate surface area is 98.3 Å². The van der Waals surface area contributed by atoms with Gasteiger partial charge in [-0.15, -0.1) is 0 Å². The van der Waals surface area contributed by atoms with E-state index in [9.17, 15) is 9.18 Å². The normalized spacial score (nSPS) is 10.3. The summed E-state index contributed by atoms with van der Waals surface area (Å²) in [5.41, 5.74) is 1.32. The van der Waals surface area contributed by atoms with Gasteiger partial charge < -0.3 is 9.73 Å². The number of aryl methyl sites for hydroxylation is 2. The predicted octanol–water partition coefficient (Wildman–Crippen LogP) is 3.29. The van der Waals surface area contributed by atoms with Crippen LogP contribution in [0.3, 0.4) is 0 Å². The summed E-state index contributed by atoms with van der Waals surface area (Å²) in [4.78, 5) is 11.8. The van der Waals surface area contributed by atoms with Crippen molar-refractivity contribution in [2.45, 2.75) is 13.8 Å². The van der Waals surface area contributed by atoms with E-state index in [4.69, 9.17) is 4.42 Å². The average Bonchev–Trinajstić information content (AvgIpc) is 2.59. The highest BCUT2D eigenvalue weighted by Gasteiger charge is 2.12. The van der Waals surface area contributed by atoms with Gasteiger partial charge in [0.15, 0.2) is 5.76 Å². The second kappa shape index (κ2) is 4.41. The monoisotopic (exact) mass is 233 g/mol. The molecule has 1 aromatic heterocycles. The molecule has 2 aromatic rings. The van der Waals surface area contributed by atoms with Gasteiger partial charge in [0.25, 0.3) is 5.91 Å². The van der Waals surface area contributed by atoms with Crippen molar-refractivity contribution in [1.82, 2.24) is 0 Å². The summed E-state index contributed by atoms with van der Waals surface area (Å²) >= 11 is 0. The number of halogens is 1. The molecule has 3 nitrogen and oxygen atoms in total. The summed E-state index contributed by atoms with van der Waals surface area (Å²) in [6.45, 7) is 3.64. The molecule has 0 bridgehead atoms. The number of carbonyl (C=O) groups excluding carboxylic acids is 1. The summed E-state index contributed by atoms with van der Waals surface area (Å²) in [6.07, 6.45) is 0. The molecule has 1 aromatic carbocycles. The summed E-state index contributed by atoms with van der Waals surface area (Å²) in [6, 6.07) is 7.37. The molecule has 17 heavy (non-hydrogen) atoms. The number of benzene rings is 1. The van der Waals surface area contributed by atoms with Gasteiger partial charge in [-0.3, -0.25) is 4.79 Å². The van der Waals surface area contributed by atoms with E-state index in [0.29, 0.717) is 11.4 Å². The Kier molecular flexibility index (Phi) is 2.95. The minimum Gasteiger partial charge on any atom is -0.456 e. The van der Waals surface area contributed by atoms with Crippen LogP contribution >= 0.6 is 0 Å². The van der Waals surface area contributed by atoms with E-state index in [0.717, 1.165) is 5.56 Å². The highest BCUT2D eigenvalue weighted by Crippen LogP contribution is 2.16. The van der Waals surface area contributed by atoms with Gasteiger partial charge in [-0.2, -0.15) is 0 Å². The Hall–Kier alpha value is -2.10. The smallest absolute Gasteiger partial charge is 0.291 e. The van der Waals surface area contributed by atoms with Gasteiger partial charge in [0, 0.05) is 5.69 Å². The molecule has 0 aliphatic heterocycles. The van der Waals surface area contributed by atoms with E-state index in [1.165, 1.54) is 18.2 Å². The van der Waals surface area contributed by atoms with Gasteiger partial charge in [-0.05, 0) is 43.7 Å². The molecular weight excluding hydrogens is 221 g/mol. The molecule has 0 aliphatic carbocycles. The fourth-order valence-electron chi connectivity index (χ4n) is 1.44. The molecule has 0 atom stereocenters. The van der Waals surface area contributed by atoms with Crippen LogP contribution in [0.2, 0.25) is 0 Å². The minimum absolute atomic E-state index is 0.226. The van der Waals surface area contributed by atoms with Gasteiger partial charge in [0.05, 0.1) is 0 Å². The van der Waals surface area contributed by atoms with Crippen molar-refractivity contribution in [1.29, 1.82) is 0 Å². The number of carbonyl (C=O) groups is 1. The van der Waals surface area contributed by atoms with Gasteiger partial charge in [-0.25, -0.2) is 4.39 Å². The first-order valence-corrected chi connectivity index (χ1v) is 5.20. The molecule has 1 amide bonds. The Morgan fingerprint density at radius 2 is 2.06 bits per heavy atom. The van der Waals surface area contributed by atoms with Crippen molar-refractivity contribution in [3.8, 4) is 0 Å².